The quantitative estimate of drug-likeness (QED) is 0.390. The molecule has 12 heteroatoms. The molecule has 1 aliphatic carbocycles. The second-order valence-electron chi connectivity index (χ2n) is 9.83. The van der Waals surface area contributed by atoms with Crippen molar-refractivity contribution in [3.63, 3.8) is 0 Å². The maximum Gasteiger partial charge on any atom is 0.308 e. The molecule has 2 N–H and O–H groups in total. The van der Waals surface area contributed by atoms with Gasteiger partial charge in [0.15, 0.2) is 0 Å². The summed E-state index contributed by atoms with van der Waals surface area (Å²) in [6, 6.07) is 10.7. The third kappa shape index (κ3) is 6.64. The van der Waals surface area contributed by atoms with Gasteiger partial charge in [0.1, 0.15) is 17.5 Å². The van der Waals surface area contributed by atoms with E-state index in [9.17, 15) is 18.0 Å². The number of carbonyl (C=O) groups is 2. The van der Waals surface area contributed by atoms with Crippen molar-refractivity contribution < 1.29 is 22.7 Å². The van der Waals surface area contributed by atoms with Crippen LogP contribution in [0.5, 0.6) is 0 Å². The van der Waals surface area contributed by atoms with Crippen molar-refractivity contribution in [1.29, 1.82) is 0 Å². The molecule has 1 heterocycles. The average molecular weight is 515 g/mol. The van der Waals surface area contributed by atoms with Crippen LogP contribution >= 0.6 is 0 Å². The Morgan fingerprint density at radius 3 is 2.53 bits per heavy atom. The van der Waals surface area contributed by atoms with Crippen LogP contribution < -0.4 is 4.72 Å². The fourth-order valence-electron chi connectivity index (χ4n) is 3.89. The lowest BCUT2D eigenvalue weighted by Gasteiger charge is -2.28. The number of rotatable bonds is 10. The van der Waals surface area contributed by atoms with E-state index in [4.69, 9.17) is 4.74 Å². The molecule has 36 heavy (non-hydrogen) atoms. The number of nitrogens with one attached hydrogen (secondary N) is 2. The van der Waals surface area contributed by atoms with Crippen molar-refractivity contribution in [2.75, 3.05) is 6.54 Å². The molecule has 4 rings (SSSR count). The standard InChI is InChI=1S/C24H30N6O5S/c1-24(2,3)35-22(31)15-20(23(32)30(18-9-10-18)13-12-21-25-28-29-26-21)27-36(33,34)19-11-8-16-6-4-5-7-17(16)14-19/h4-8,11,14,18,20,27H,9-10,12-13,15H2,1-3H3,(H,25,26,28,29)/t20-/m0/s1. The van der Waals surface area contributed by atoms with Gasteiger partial charge in [0.25, 0.3) is 0 Å². The molecular formula is C24H30N6O5S. The predicted molar refractivity (Wildman–Crippen MR) is 131 cm³/mol. The van der Waals surface area contributed by atoms with Gasteiger partial charge in [-0.05, 0) is 66.9 Å². The predicted octanol–water partition coefficient (Wildman–Crippen LogP) is 1.97. The summed E-state index contributed by atoms with van der Waals surface area (Å²) >= 11 is 0. The lowest BCUT2D eigenvalue weighted by Crippen LogP contribution is -2.51. The second kappa shape index (κ2) is 10.3. The van der Waals surface area contributed by atoms with E-state index < -0.39 is 40.0 Å². The molecule has 3 aromatic rings. The van der Waals surface area contributed by atoms with Gasteiger partial charge in [-0.1, -0.05) is 30.3 Å². The fourth-order valence-corrected chi connectivity index (χ4v) is 5.11. The lowest BCUT2D eigenvalue weighted by atomic mass is 10.1. The SMILES string of the molecule is CC(C)(C)OC(=O)C[C@H](NS(=O)(=O)c1ccc2ccccc2c1)C(=O)N(CCc1nnn[nH]1)C1CC1. The average Bonchev–Trinajstić information content (AvgIpc) is 3.51. The molecule has 0 unspecified atom stereocenters. The van der Waals surface area contributed by atoms with Gasteiger partial charge in [-0.3, -0.25) is 9.59 Å². The first kappa shape index (κ1) is 25.7. The highest BCUT2D eigenvalue weighted by atomic mass is 32.2. The van der Waals surface area contributed by atoms with Crippen LogP contribution in [0.2, 0.25) is 0 Å². The number of H-pyrrole nitrogens is 1. The Labute approximate surface area is 209 Å². The Morgan fingerprint density at radius 2 is 1.89 bits per heavy atom. The Balaban J connectivity index is 1.58. The van der Waals surface area contributed by atoms with E-state index in [1.54, 1.807) is 37.8 Å². The van der Waals surface area contributed by atoms with E-state index in [0.717, 1.165) is 23.6 Å². The van der Waals surface area contributed by atoms with E-state index in [2.05, 4.69) is 25.3 Å². The molecular weight excluding hydrogens is 484 g/mol. The third-order valence-corrected chi connectivity index (χ3v) is 7.14. The van der Waals surface area contributed by atoms with E-state index in [0.29, 0.717) is 12.2 Å². The van der Waals surface area contributed by atoms with E-state index in [1.165, 1.54) is 6.07 Å². The number of amides is 1. The van der Waals surface area contributed by atoms with Crippen LogP contribution in [-0.4, -0.2) is 70.0 Å². The smallest absolute Gasteiger partial charge is 0.308 e. The van der Waals surface area contributed by atoms with Crippen LogP contribution in [-0.2, 0) is 30.8 Å². The third-order valence-electron chi connectivity index (χ3n) is 5.67. The number of esters is 1. The molecule has 192 valence electrons. The minimum atomic E-state index is -4.13. The molecule has 0 aliphatic heterocycles. The van der Waals surface area contributed by atoms with Crippen LogP contribution in [0, 0.1) is 0 Å². The van der Waals surface area contributed by atoms with E-state index in [-0.39, 0.29) is 17.5 Å². The zero-order valence-corrected chi connectivity index (χ0v) is 21.3. The Hall–Kier alpha value is -3.38. The summed E-state index contributed by atoms with van der Waals surface area (Å²) in [7, 11) is -4.13. The monoisotopic (exact) mass is 514 g/mol. The first-order valence-electron chi connectivity index (χ1n) is 11.8. The number of fused-ring (bicyclic) bond motifs is 1. The van der Waals surface area contributed by atoms with Crippen molar-refractivity contribution >= 4 is 32.7 Å². The molecule has 1 aromatic heterocycles. The number of tetrazole rings is 1. The molecule has 1 fully saturated rings. The highest BCUT2D eigenvalue weighted by Crippen LogP contribution is 2.28. The molecule has 2 aromatic carbocycles. The number of aromatic nitrogens is 4. The Bertz CT molecular complexity index is 1330. The van der Waals surface area contributed by atoms with Crippen molar-refractivity contribution in [2.24, 2.45) is 0 Å². The summed E-state index contributed by atoms with van der Waals surface area (Å²) in [5, 5.41) is 15.2. The Morgan fingerprint density at radius 1 is 1.17 bits per heavy atom. The summed E-state index contributed by atoms with van der Waals surface area (Å²) in [6.07, 6.45) is 1.54. The van der Waals surface area contributed by atoms with Crippen LogP contribution in [0.3, 0.4) is 0 Å². The van der Waals surface area contributed by atoms with Crippen LogP contribution in [0.1, 0.15) is 45.9 Å². The zero-order valence-electron chi connectivity index (χ0n) is 20.5. The van der Waals surface area contributed by atoms with Crippen LogP contribution in [0.25, 0.3) is 10.8 Å². The van der Waals surface area contributed by atoms with Gasteiger partial charge in [-0.15, -0.1) is 5.10 Å². The van der Waals surface area contributed by atoms with Crippen LogP contribution in [0.15, 0.2) is 47.4 Å². The van der Waals surface area contributed by atoms with Gasteiger partial charge in [-0.2, -0.15) is 4.72 Å². The summed E-state index contributed by atoms with van der Waals surface area (Å²) in [6.45, 7) is 5.41. The maximum absolute atomic E-state index is 13.6. The molecule has 0 radical (unpaired) electrons. The highest BCUT2D eigenvalue weighted by Gasteiger charge is 2.39. The van der Waals surface area contributed by atoms with Crippen LogP contribution in [0.4, 0.5) is 0 Å². The fraction of sp³-hybridized carbons (Fsp3) is 0.458. The molecule has 1 atom stereocenters. The van der Waals surface area contributed by atoms with Gasteiger partial charge in [0, 0.05) is 19.0 Å². The minimum Gasteiger partial charge on any atom is -0.460 e. The molecule has 1 amide bonds. The summed E-state index contributed by atoms with van der Waals surface area (Å²) in [5.41, 5.74) is -0.780. The number of hydrogen-bond acceptors (Lipinski definition) is 8. The van der Waals surface area contributed by atoms with Gasteiger partial charge in [-0.25, -0.2) is 13.5 Å². The molecule has 1 saturated carbocycles. The zero-order chi connectivity index (χ0) is 25.9. The lowest BCUT2D eigenvalue weighted by molar-refractivity contribution is -0.157. The number of sulfonamides is 1. The van der Waals surface area contributed by atoms with Crippen molar-refractivity contribution in [3.8, 4) is 0 Å². The minimum absolute atomic E-state index is 0.00824. The normalized spacial score (nSPS) is 15.0. The van der Waals surface area contributed by atoms with E-state index >= 15 is 0 Å². The van der Waals surface area contributed by atoms with Crippen molar-refractivity contribution in [1.82, 2.24) is 30.2 Å². The molecule has 1 aliphatic rings. The maximum atomic E-state index is 13.6. The van der Waals surface area contributed by atoms with Gasteiger partial charge in [0.2, 0.25) is 15.9 Å². The van der Waals surface area contributed by atoms with Crippen molar-refractivity contribution in [2.45, 2.75) is 69.0 Å². The number of hydrogen-bond donors (Lipinski definition) is 2. The highest BCUT2D eigenvalue weighted by molar-refractivity contribution is 7.89. The topological polar surface area (TPSA) is 147 Å². The van der Waals surface area contributed by atoms with Gasteiger partial charge in [0.05, 0.1) is 11.3 Å². The number of benzene rings is 2. The first-order valence-corrected chi connectivity index (χ1v) is 13.3. The molecule has 0 bridgehead atoms. The second-order valence-corrected chi connectivity index (χ2v) is 11.5. The molecule has 11 nitrogen and oxygen atoms in total. The summed E-state index contributed by atoms with van der Waals surface area (Å²) in [5.74, 6) is -0.647. The van der Waals surface area contributed by atoms with Gasteiger partial charge < -0.3 is 9.64 Å². The van der Waals surface area contributed by atoms with Crippen molar-refractivity contribution in [3.05, 3.63) is 48.3 Å². The molecule has 0 spiro atoms. The van der Waals surface area contributed by atoms with Gasteiger partial charge >= 0.3 is 5.97 Å². The summed E-state index contributed by atoms with van der Waals surface area (Å²) in [4.78, 5) is 27.9. The largest absolute Gasteiger partial charge is 0.460 e. The summed E-state index contributed by atoms with van der Waals surface area (Å²) < 4.78 is 34.6. The number of aromatic amines is 1. The van der Waals surface area contributed by atoms with E-state index in [1.807, 2.05) is 24.3 Å². The first-order chi connectivity index (χ1) is 17.0. The number of carbonyl (C=O) groups excluding carboxylic acids is 2. The molecule has 0 saturated heterocycles. The number of ether oxygens (including phenoxy) is 1. The number of nitrogens with zero attached hydrogens (tertiary/aromatic N) is 4. The Kier molecular flexibility index (Phi) is 7.36.